The van der Waals surface area contributed by atoms with E-state index in [0.29, 0.717) is 25.3 Å². The van der Waals surface area contributed by atoms with Gasteiger partial charge in [0.05, 0.1) is 4.92 Å². The highest BCUT2D eigenvalue weighted by Gasteiger charge is 2.16. The zero-order valence-electron chi connectivity index (χ0n) is 17.5. The van der Waals surface area contributed by atoms with Gasteiger partial charge in [0.2, 0.25) is 5.91 Å². The average Bonchev–Trinajstić information content (AvgIpc) is 2.80. The predicted octanol–water partition coefficient (Wildman–Crippen LogP) is 4.58. The number of carbonyl (C=O) groups excluding carboxylic acids is 1. The molecule has 0 unspecified atom stereocenters. The Morgan fingerprint density at radius 1 is 1.00 bits per heavy atom. The SMILES string of the molecule is CCc1ccc(CN(Cc2cccnc2)C(=O)CCNc2ccccc2[N+](=O)[O-])cc1. The molecule has 0 radical (unpaired) electrons. The van der Waals surface area contributed by atoms with E-state index < -0.39 is 4.92 Å². The minimum Gasteiger partial charge on any atom is -0.379 e. The maximum absolute atomic E-state index is 13.0. The van der Waals surface area contributed by atoms with Gasteiger partial charge in [-0.15, -0.1) is 0 Å². The Morgan fingerprint density at radius 3 is 2.39 bits per heavy atom. The summed E-state index contributed by atoms with van der Waals surface area (Å²) in [5.41, 5.74) is 3.67. The van der Waals surface area contributed by atoms with Gasteiger partial charge in [-0.05, 0) is 35.2 Å². The Morgan fingerprint density at radius 2 is 1.71 bits per heavy atom. The van der Waals surface area contributed by atoms with Gasteiger partial charge in [0, 0.05) is 44.5 Å². The first-order chi connectivity index (χ1) is 15.1. The molecule has 1 N–H and O–H groups in total. The molecule has 1 heterocycles. The lowest BCUT2D eigenvalue weighted by Crippen LogP contribution is -2.31. The third kappa shape index (κ3) is 6.37. The molecule has 7 heteroatoms. The Bertz CT molecular complexity index is 1010. The number of nitrogens with zero attached hydrogens (tertiary/aromatic N) is 3. The number of hydrogen-bond donors (Lipinski definition) is 1. The first-order valence-electron chi connectivity index (χ1n) is 10.3. The van der Waals surface area contributed by atoms with Crippen molar-refractivity contribution >= 4 is 17.3 Å². The largest absolute Gasteiger partial charge is 0.379 e. The molecule has 31 heavy (non-hydrogen) atoms. The van der Waals surface area contributed by atoms with Gasteiger partial charge in [-0.2, -0.15) is 0 Å². The van der Waals surface area contributed by atoms with E-state index >= 15 is 0 Å². The number of amides is 1. The van der Waals surface area contributed by atoms with Crippen molar-refractivity contribution in [2.24, 2.45) is 0 Å². The summed E-state index contributed by atoms with van der Waals surface area (Å²) in [6, 6.07) is 18.5. The summed E-state index contributed by atoms with van der Waals surface area (Å²) in [6.45, 7) is 3.36. The number of hydrogen-bond acceptors (Lipinski definition) is 5. The van der Waals surface area contributed by atoms with Crippen LogP contribution in [0.3, 0.4) is 0 Å². The smallest absolute Gasteiger partial charge is 0.292 e. The second-order valence-corrected chi connectivity index (χ2v) is 7.23. The normalized spacial score (nSPS) is 10.5. The highest BCUT2D eigenvalue weighted by atomic mass is 16.6. The Labute approximate surface area is 181 Å². The van der Waals surface area contributed by atoms with Gasteiger partial charge in [-0.1, -0.05) is 49.4 Å². The minimum atomic E-state index is -0.432. The van der Waals surface area contributed by atoms with Gasteiger partial charge in [-0.25, -0.2) is 0 Å². The third-order valence-electron chi connectivity index (χ3n) is 5.01. The number of anilines is 1. The molecule has 0 aliphatic heterocycles. The second-order valence-electron chi connectivity index (χ2n) is 7.23. The number of aromatic nitrogens is 1. The van der Waals surface area contributed by atoms with Crippen molar-refractivity contribution in [1.29, 1.82) is 0 Å². The zero-order chi connectivity index (χ0) is 22.1. The van der Waals surface area contributed by atoms with Crippen molar-refractivity contribution in [2.45, 2.75) is 32.9 Å². The zero-order valence-corrected chi connectivity index (χ0v) is 17.5. The third-order valence-corrected chi connectivity index (χ3v) is 5.01. The van der Waals surface area contributed by atoms with Gasteiger partial charge < -0.3 is 10.2 Å². The van der Waals surface area contributed by atoms with Crippen LogP contribution < -0.4 is 5.32 Å². The lowest BCUT2D eigenvalue weighted by Gasteiger charge is -2.23. The van der Waals surface area contributed by atoms with Crippen molar-refractivity contribution < 1.29 is 9.72 Å². The monoisotopic (exact) mass is 418 g/mol. The molecule has 0 saturated carbocycles. The molecule has 0 aliphatic carbocycles. The molecule has 2 aromatic carbocycles. The van der Waals surface area contributed by atoms with E-state index in [4.69, 9.17) is 0 Å². The molecule has 0 spiro atoms. The maximum Gasteiger partial charge on any atom is 0.292 e. The highest BCUT2D eigenvalue weighted by Crippen LogP contribution is 2.23. The van der Waals surface area contributed by atoms with Crippen molar-refractivity contribution in [2.75, 3.05) is 11.9 Å². The van der Waals surface area contributed by atoms with Crippen LogP contribution in [0.2, 0.25) is 0 Å². The molecule has 3 rings (SSSR count). The maximum atomic E-state index is 13.0. The van der Waals surface area contributed by atoms with E-state index in [-0.39, 0.29) is 18.0 Å². The number of para-hydroxylation sites is 2. The van der Waals surface area contributed by atoms with Crippen LogP contribution in [0.25, 0.3) is 0 Å². The van der Waals surface area contributed by atoms with E-state index in [9.17, 15) is 14.9 Å². The fraction of sp³-hybridized carbons (Fsp3) is 0.250. The Balaban J connectivity index is 1.67. The van der Waals surface area contributed by atoms with E-state index in [2.05, 4.69) is 29.4 Å². The number of pyridine rings is 1. The molecule has 0 fully saturated rings. The van der Waals surface area contributed by atoms with Crippen LogP contribution in [-0.4, -0.2) is 27.3 Å². The number of rotatable bonds is 10. The van der Waals surface area contributed by atoms with Crippen LogP contribution in [0.15, 0.2) is 73.1 Å². The first kappa shape index (κ1) is 22.0. The molecule has 3 aromatic rings. The molecule has 7 nitrogen and oxygen atoms in total. The fourth-order valence-electron chi connectivity index (χ4n) is 3.29. The van der Waals surface area contributed by atoms with Gasteiger partial charge in [0.1, 0.15) is 5.69 Å². The van der Waals surface area contributed by atoms with Crippen LogP contribution in [0.4, 0.5) is 11.4 Å². The number of nitro groups is 1. The molecule has 1 amide bonds. The van der Waals surface area contributed by atoms with Gasteiger partial charge in [0.25, 0.3) is 5.69 Å². The summed E-state index contributed by atoms with van der Waals surface area (Å²) in [4.78, 5) is 29.7. The number of benzene rings is 2. The summed E-state index contributed by atoms with van der Waals surface area (Å²) in [7, 11) is 0. The van der Waals surface area contributed by atoms with E-state index in [1.54, 1.807) is 35.5 Å². The quantitative estimate of drug-likeness (QED) is 0.384. The predicted molar refractivity (Wildman–Crippen MR) is 121 cm³/mol. The summed E-state index contributed by atoms with van der Waals surface area (Å²) < 4.78 is 0. The van der Waals surface area contributed by atoms with Crippen LogP contribution in [0.1, 0.15) is 30.0 Å². The molecule has 0 saturated heterocycles. The Hall–Kier alpha value is -3.74. The van der Waals surface area contributed by atoms with Crippen molar-refractivity contribution in [3.8, 4) is 0 Å². The second kappa shape index (κ2) is 10.9. The molecule has 0 aliphatic rings. The molecular weight excluding hydrogens is 392 g/mol. The summed E-state index contributed by atoms with van der Waals surface area (Å²) >= 11 is 0. The minimum absolute atomic E-state index is 0.00169. The summed E-state index contributed by atoms with van der Waals surface area (Å²) in [5, 5.41) is 14.2. The molecule has 0 bridgehead atoms. The van der Waals surface area contributed by atoms with E-state index in [0.717, 1.165) is 17.5 Å². The van der Waals surface area contributed by atoms with E-state index in [1.165, 1.54) is 11.6 Å². The lowest BCUT2D eigenvalue weighted by molar-refractivity contribution is -0.384. The van der Waals surface area contributed by atoms with Crippen molar-refractivity contribution in [3.63, 3.8) is 0 Å². The number of carbonyl (C=O) groups is 1. The van der Waals surface area contributed by atoms with Gasteiger partial charge in [0.15, 0.2) is 0 Å². The summed E-state index contributed by atoms with van der Waals surface area (Å²) in [5.74, 6) is -0.0329. The first-order valence-corrected chi connectivity index (χ1v) is 10.3. The van der Waals surface area contributed by atoms with Crippen LogP contribution in [0, 0.1) is 10.1 Å². The number of nitro benzene ring substituents is 1. The number of aryl methyl sites for hydroxylation is 1. The molecular formula is C24H26N4O3. The topological polar surface area (TPSA) is 88.4 Å². The van der Waals surface area contributed by atoms with Crippen molar-refractivity contribution in [1.82, 2.24) is 9.88 Å². The van der Waals surface area contributed by atoms with Crippen molar-refractivity contribution in [3.05, 3.63) is 99.9 Å². The molecule has 1 aromatic heterocycles. The fourth-order valence-corrected chi connectivity index (χ4v) is 3.29. The summed E-state index contributed by atoms with van der Waals surface area (Å²) in [6.07, 6.45) is 4.65. The number of nitrogens with one attached hydrogen (secondary N) is 1. The standard InChI is InChI=1S/C24H26N4O3/c1-2-19-9-11-20(12-10-19)17-27(18-21-6-5-14-25-16-21)24(29)13-15-26-22-7-3-4-8-23(22)28(30)31/h3-12,14,16,26H,2,13,15,17-18H2,1H3. The van der Waals surface area contributed by atoms with Gasteiger partial charge >= 0.3 is 0 Å². The average molecular weight is 418 g/mol. The van der Waals surface area contributed by atoms with E-state index in [1.807, 2.05) is 24.3 Å². The molecule has 160 valence electrons. The molecule has 0 atom stereocenters. The lowest BCUT2D eigenvalue weighted by atomic mass is 10.1. The van der Waals surface area contributed by atoms with Gasteiger partial charge in [-0.3, -0.25) is 19.9 Å². The van der Waals surface area contributed by atoms with Crippen LogP contribution in [0.5, 0.6) is 0 Å². The van der Waals surface area contributed by atoms with Crippen LogP contribution in [-0.2, 0) is 24.3 Å². The Kier molecular flexibility index (Phi) is 7.70. The highest BCUT2D eigenvalue weighted by molar-refractivity contribution is 5.77. The van der Waals surface area contributed by atoms with Crippen LogP contribution >= 0.6 is 0 Å².